The van der Waals surface area contributed by atoms with Gasteiger partial charge < -0.3 is 14.2 Å². The molecule has 8 nitrogen and oxygen atoms in total. The highest BCUT2D eigenvalue weighted by molar-refractivity contribution is 5.80. The maximum Gasteiger partial charge on any atom is 0.420 e. The molecule has 0 amide bonds. The van der Waals surface area contributed by atoms with Gasteiger partial charge in [0, 0.05) is 25.2 Å². The van der Waals surface area contributed by atoms with Gasteiger partial charge in [0.2, 0.25) is 6.10 Å². The first-order valence-electron chi connectivity index (χ1n) is 8.01. The van der Waals surface area contributed by atoms with E-state index in [4.69, 9.17) is 14.2 Å². The van der Waals surface area contributed by atoms with Gasteiger partial charge in [-0.1, -0.05) is 0 Å². The zero-order valence-electron chi connectivity index (χ0n) is 15.6. The van der Waals surface area contributed by atoms with Crippen LogP contribution in [-0.4, -0.2) is 44.9 Å². The zero-order chi connectivity index (χ0) is 19.3. The number of imidazole rings is 1. The lowest BCUT2D eigenvalue weighted by Gasteiger charge is -2.24. The van der Waals surface area contributed by atoms with E-state index in [-0.39, 0.29) is 12.8 Å². The molecule has 0 saturated heterocycles. The predicted molar refractivity (Wildman–Crippen MR) is 88.8 cm³/mol. The summed E-state index contributed by atoms with van der Waals surface area (Å²) < 4.78 is 16.7. The van der Waals surface area contributed by atoms with E-state index in [1.54, 1.807) is 41.5 Å². The van der Waals surface area contributed by atoms with E-state index in [2.05, 4.69) is 4.98 Å². The van der Waals surface area contributed by atoms with Crippen molar-refractivity contribution in [1.82, 2.24) is 9.55 Å². The SMILES string of the molecule is CC(C)(C)OC(=O)CC[C@H](OC(=O)n1ccnc1)C(=O)OC(C)(C)C. The minimum atomic E-state index is -1.22. The molecule has 1 rings (SSSR count). The van der Waals surface area contributed by atoms with Crippen LogP contribution in [0, 0.1) is 0 Å². The molecular formula is C17H26N2O6. The van der Waals surface area contributed by atoms with Gasteiger partial charge in [-0.05, 0) is 41.5 Å². The van der Waals surface area contributed by atoms with Crippen LogP contribution in [0.5, 0.6) is 0 Å². The molecule has 0 aliphatic heterocycles. The molecule has 0 aliphatic rings. The highest BCUT2D eigenvalue weighted by Gasteiger charge is 2.30. The second kappa shape index (κ2) is 8.13. The molecule has 1 aromatic heterocycles. The monoisotopic (exact) mass is 354 g/mol. The minimum absolute atomic E-state index is 0.0374. The van der Waals surface area contributed by atoms with Crippen molar-refractivity contribution in [3.63, 3.8) is 0 Å². The Morgan fingerprint density at radius 2 is 1.64 bits per heavy atom. The second-order valence-corrected chi connectivity index (χ2v) is 7.50. The van der Waals surface area contributed by atoms with Crippen LogP contribution in [0.1, 0.15) is 54.4 Å². The summed E-state index contributed by atoms with van der Waals surface area (Å²) in [7, 11) is 0. The standard InChI is InChI=1S/C17H26N2O6/c1-16(2,3)24-13(20)8-7-12(14(21)25-17(4,5)6)23-15(22)19-10-9-18-11-19/h9-12H,7-8H2,1-6H3/t12-/m0/s1. The first-order chi connectivity index (χ1) is 11.4. The summed E-state index contributed by atoms with van der Waals surface area (Å²) in [6, 6.07) is 0. The summed E-state index contributed by atoms with van der Waals surface area (Å²) in [6.45, 7) is 10.3. The Bertz CT molecular complexity index is 596. The first kappa shape index (κ1) is 20.7. The highest BCUT2D eigenvalue weighted by Crippen LogP contribution is 2.16. The summed E-state index contributed by atoms with van der Waals surface area (Å²) in [5, 5.41) is 0. The molecule has 0 fully saturated rings. The van der Waals surface area contributed by atoms with Crippen LogP contribution in [-0.2, 0) is 23.8 Å². The van der Waals surface area contributed by atoms with Gasteiger partial charge in [-0.25, -0.2) is 19.1 Å². The molecule has 0 unspecified atom stereocenters. The Hall–Kier alpha value is -2.38. The molecule has 0 N–H and O–H groups in total. The Morgan fingerprint density at radius 3 is 2.12 bits per heavy atom. The summed E-state index contributed by atoms with van der Waals surface area (Å²) in [4.78, 5) is 39.9. The third kappa shape index (κ3) is 8.32. The molecule has 0 aromatic carbocycles. The zero-order valence-corrected chi connectivity index (χ0v) is 15.6. The lowest BCUT2D eigenvalue weighted by atomic mass is 10.1. The number of nitrogens with zero attached hydrogens (tertiary/aromatic N) is 2. The van der Waals surface area contributed by atoms with Crippen LogP contribution in [0.2, 0.25) is 0 Å². The van der Waals surface area contributed by atoms with Crippen LogP contribution in [0.15, 0.2) is 18.7 Å². The van der Waals surface area contributed by atoms with Crippen molar-refractivity contribution in [3.8, 4) is 0 Å². The molecule has 8 heteroatoms. The smallest absolute Gasteiger partial charge is 0.420 e. The van der Waals surface area contributed by atoms with E-state index in [0.717, 1.165) is 4.57 Å². The number of hydrogen-bond donors (Lipinski definition) is 0. The lowest BCUT2D eigenvalue weighted by molar-refractivity contribution is -0.166. The molecule has 0 bridgehead atoms. The fourth-order valence-corrected chi connectivity index (χ4v) is 1.78. The third-order valence-electron chi connectivity index (χ3n) is 2.66. The molecular weight excluding hydrogens is 328 g/mol. The fourth-order valence-electron chi connectivity index (χ4n) is 1.78. The summed E-state index contributed by atoms with van der Waals surface area (Å²) in [6.07, 6.45) is 1.93. The van der Waals surface area contributed by atoms with Crippen LogP contribution in [0.25, 0.3) is 0 Å². The van der Waals surface area contributed by atoms with Gasteiger partial charge in [-0.15, -0.1) is 0 Å². The Balaban J connectivity index is 2.75. The van der Waals surface area contributed by atoms with Crippen molar-refractivity contribution < 1.29 is 28.6 Å². The summed E-state index contributed by atoms with van der Waals surface area (Å²) >= 11 is 0. The van der Waals surface area contributed by atoms with Crippen molar-refractivity contribution in [1.29, 1.82) is 0 Å². The molecule has 1 heterocycles. The van der Waals surface area contributed by atoms with E-state index in [9.17, 15) is 14.4 Å². The van der Waals surface area contributed by atoms with Gasteiger partial charge in [-0.2, -0.15) is 0 Å². The van der Waals surface area contributed by atoms with E-state index in [1.165, 1.54) is 18.7 Å². The predicted octanol–water partition coefficient (Wildman–Crippen LogP) is 2.70. The van der Waals surface area contributed by atoms with Crippen molar-refractivity contribution in [2.75, 3.05) is 0 Å². The molecule has 0 aliphatic carbocycles. The number of ether oxygens (including phenoxy) is 3. The normalized spacial score (nSPS) is 13.0. The van der Waals surface area contributed by atoms with Gasteiger partial charge in [0.05, 0.1) is 0 Å². The van der Waals surface area contributed by atoms with Gasteiger partial charge in [-0.3, -0.25) is 4.79 Å². The first-order valence-corrected chi connectivity index (χ1v) is 8.01. The topological polar surface area (TPSA) is 96.7 Å². The maximum atomic E-state index is 12.3. The molecule has 25 heavy (non-hydrogen) atoms. The van der Waals surface area contributed by atoms with E-state index >= 15 is 0 Å². The van der Waals surface area contributed by atoms with E-state index in [0.29, 0.717) is 0 Å². The maximum absolute atomic E-state index is 12.3. The van der Waals surface area contributed by atoms with Crippen molar-refractivity contribution in [2.45, 2.75) is 71.7 Å². The largest absolute Gasteiger partial charge is 0.460 e. The molecule has 0 saturated carbocycles. The van der Waals surface area contributed by atoms with E-state index < -0.39 is 35.3 Å². The van der Waals surface area contributed by atoms with Gasteiger partial charge in [0.15, 0.2) is 0 Å². The van der Waals surface area contributed by atoms with Gasteiger partial charge in [0.1, 0.15) is 17.5 Å². The number of hydrogen-bond acceptors (Lipinski definition) is 7. The van der Waals surface area contributed by atoms with Gasteiger partial charge in [0.25, 0.3) is 0 Å². The van der Waals surface area contributed by atoms with Crippen LogP contribution < -0.4 is 0 Å². The summed E-state index contributed by atoms with van der Waals surface area (Å²) in [5.74, 6) is -1.20. The van der Waals surface area contributed by atoms with Crippen LogP contribution in [0.3, 0.4) is 0 Å². The molecule has 0 spiro atoms. The van der Waals surface area contributed by atoms with E-state index in [1.807, 2.05) is 0 Å². The molecule has 140 valence electrons. The number of carbonyl (C=O) groups excluding carboxylic acids is 3. The average molecular weight is 354 g/mol. The van der Waals surface area contributed by atoms with Crippen molar-refractivity contribution >= 4 is 18.0 Å². The molecule has 0 radical (unpaired) electrons. The quantitative estimate of drug-likeness (QED) is 0.592. The Labute approximate surface area is 147 Å². The number of carbonyl (C=O) groups is 3. The number of rotatable bonds is 5. The van der Waals surface area contributed by atoms with Gasteiger partial charge >= 0.3 is 18.0 Å². The number of aromatic nitrogens is 2. The highest BCUT2D eigenvalue weighted by atomic mass is 16.6. The average Bonchev–Trinajstić information content (AvgIpc) is 2.93. The fraction of sp³-hybridized carbons (Fsp3) is 0.647. The van der Waals surface area contributed by atoms with Crippen molar-refractivity contribution in [2.24, 2.45) is 0 Å². The second-order valence-electron chi connectivity index (χ2n) is 7.50. The number of esters is 2. The molecule has 1 aromatic rings. The summed E-state index contributed by atoms with van der Waals surface area (Å²) in [5.41, 5.74) is -1.38. The minimum Gasteiger partial charge on any atom is -0.460 e. The Kier molecular flexibility index (Phi) is 6.72. The third-order valence-corrected chi connectivity index (χ3v) is 2.66. The van der Waals surface area contributed by atoms with Crippen molar-refractivity contribution in [3.05, 3.63) is 18.7 Å². The Morgan fingerprint density at radius 1 is 1.04 bits per heavy atom. The van der Waals surface area contributed by atoms with Crippen LogP contribution in [0.4, 0.5) is 4.79 Å². The molecule has 1 atom stereocenters. The lowest BCUT2D eigenvalue weighted by Crippen LogP contribution is -2.36. The van der Waals surface area contributed by atoms with Crippen LogP contribution >= 0.6 is 0 Å².